The van der Waals surface area contributed by atoms with E-state index in [0.717, 1.165) is 19.8 Å². The largest absolute Gasteiger partial charge is 0.328 e. The molecule has 0 aromatic heterocycles. The number of carbonyl (C=O) groups is 1. The molecule has 0 spiro atoms. The first-order chi connectivity index (χ1) is 7.58. The zero-order valence-corrected chi connectivity index (χ0v) is 10.6. The molecule has 4 heteroatoms. The Kier molecular flexibility index (Phi) is 3.50. The topological polar surface area (TPSA) is 35.6 Å². The molecule has 0 aliphatic carbocycles. The first-order valence-electron chi connectivity index (χ1n) is 6.28. The molecule has 2 fully saturated rings. The number of rotatable bonds is 3. The molecule has 0 saturated carbocycles. The van der Waals surface area contributed by atoms with Crippen LogP contribution in [0, 0.1) is 11.8 Å². The third-order valence-corrected chi connectivity index (χ3v) is 3.71. The summed E-state index contributed by atoms with van der Waals surface area (Å²) < 4.78 is 0. The van der Waals surface area contributed by atoms with E-state index in [4.69, 9.17) is 0 Å². The Bertz CT molecular complexity index is 267. The van der Waals surface area contributed by atoms with Crippen LogP contribution in [-0.2, 0) is 4.79 Å². The molecule has 2 saturated heterocycles. The Hall–Kier alpha value is -0.610. The lowest BCUT2D eigenvalue weighted by Crippen LogP contribution is -2.36. The van der Waals surface area contributed by atoms with E-state index in [9.17, 15) is 4.79 Å². The van der Waals surface area contributed by atoms with Crippen molar-refractivity contribution in [1.82, 2.24) is 15.1 Å². The maximum Gasteiger partial charge on any atom is 0.241 e. The van der Waals surface area contributed by atoms with Gasteiger partial charge in [0, 0.05) is 13.1 Å². The third kappa shape index (κ3) is 2.38. The van der Waals surface area contributed by atoms with Gasteiger partial charge in [-0.25, -0.2) is 0 Å². The fourth-order valence-electron chi connectivity index (χ4n) is 2.73. The van der Waals surface area contributed by atoms with Crippen LogP contribution in [0.25, 0.3) is 0 Å². The number of hydrogen-bond donors (Lipinski definition) is 1. The molecule has 1 amide bonds. The molecule has 92 valence electrons. The predicted molar refractivity (Wildman–Crippen MR) is 63.9 cm³/mol. The van der Waals surface area contributed by atoms with Crippen LogP contribution in [0.4, 0.5) is 0 Å². The van der Waals surface area contributed by atoms with Crippen molar-refractivity contribution in [2.24, 2.45) is 11.8 Å². The highest BCUT2D eigenvalue weighted by molar-refractivity contribution is 5.84. The smallest absolute Gasteiger partial charge is 0.241 e. The van der Waals surface area contributed by atoms with Crippen LogP contribution in [0.2, 0.25) is 0 Å². The fourth-order valence-corrected chi connectivity index (χ4v) is 2.73. The highest BCUT2D eigenvalue weighted by Gasteiger charge is 2.34. The van der Waals surface area contributed by atoms with Crippen molar-refractivity contribution in [2.75, 3.05) is 33.4 Å². The lowest BCUT2D eigenvalue weighted by Gasteiger charge is -2.20. The number of amides is 1. The number of carbonyl (C=O) groups excluding carboxylic acids is 1. The second kappa shape index (κ2) is 4.72. The monoisotopic (exact) mass is 225 g/mol. The van der Waals surface area contributed by atoms with Gasteiger partial charge in [-0.05, 0) is 31.8 Å². The molecule has 2 rings (SSSR count). The first-order valence-corrected chi connectivity index (χ1v) is 6.28. The summed E-state index contributed by atoms with van der Waals surface area (Å²) in [7, 11) is 2.15. The molecule has 2 aliphatic heterocycles. The summed E-state index contributed by atoms with van der Waals surface area (Å²) in [5.41, 5.74) is 0. The van der Waals surface area contributed by atoms with Crippen LogP contribution < -0.4 is 5.32 Å². The molecule has 0 aromatic carbocycles. The summed E-state index contributed by atoms with van der Waals surface area (Å²) in [4.78, 5) is 16.4. The summed E-state index contributed by atoms with van der Waals surface area (Å²) in [5.74, 6) is 1.36. The molecule has 0 aromatic rings. The van der Waals surface area contributed by atoms with Crippen LogP contribution in [0.5, 0.6) is 0 Å². The Labute approximate surface area is 98.0 Å². The minimum absolute atomic E-state index is 0.0409. The van der Waals surface area contributed by atoms with E-state index in [1.165, 1.54) is 13.0 Å². The van der Waals surface area contributed by atoms with E-state index in [0.29, 0.717) is 17.7 Å². The Morgan fingerprint density at radius 1 is 1.50 bits per heavy atom. The van der Waals surface area contributed by atoms with Crippen molar-refractivity contribution in [3.63, 3.8) is 0 Å². The number of hydrogen-bond acceptors (Lipinski definition) is 3. The molecule has 2 unspecified atom stereocenters. The zero-order chi connectivity index (χ0) is 11.7. The Balaban J connectivity index is 1.85. The van der Waals surface area contributed by atoms with Crippen molar-refractivity contribution < 1.29 is 4.79 Å². The second-order valence-corrected chi connectivity index (χ2v) is 5.56. The van der Waals surface area contributed by atoms with Gasteiger partial charge in [0.15, 0.2) is 0 Å². The maximum atomic E-state index is 12.1. The molecule has 0 bridgehead atoms. The summed E-state index contributed by atoms with van der Waals surface area (Å²) >= 11 is 0. The van der Waals surface area contributed by atoms with Crippen molar-refractivity contribution in [1.29, 1.82) is 0 Å². The van der Waals surface area contributed by atoms with E-state index >= 15 is 0 Å². The van der Waals surface area contributed by atoms with Gasteiger partial charge in [-0.1, -0.05) is 13.8 Å². The average molecular weight is 225 g/mol. The van der Waals surface area contributed by atoms with E-state index in [1.807, 2.05) is 4.90 Å². The molecule has 4 nitrogen and oxygen atoms in total. The average Bonchev–Trinajstić information content (AvgIpc) is 2.76. The van der Waals surface area contributed by atoms with Crippen LogP contribution in [0.15, 0.2) is 0 Å². The third-order valence-electron chi connectivity index (χ3n) is 3.71. The number of likely N-dealkylation sites (tertiary alicyclic amines) is 1. The molecule has 2 aliphatic rings. The molecule has 1 N–H and O–H groups in total. The molecule has 0 radical (unpaired) electrons. The predicted octanol–water partition coefficient (Wildman–Crippen LogP) is 0.352. The highest BCUT2D eigenvalue weighted by atomic mass is 16.2. The molecule has 2 heterocycles. The lowest BCUT2D eigenvalue weighted by atomic mass is 10.0. The van der Waals surface area contributed by atoms with Gasteiger partial charge in [0.05, 0.1) is 12.7 Å². The van der Waals surface area contributed by atoms with Crippen molar-refractivity contribution in [3.05, 3.63) is 0 Å². The van der Waals surface area contributed by atoms with Gasteiger partial charge >= 0.3 is 0 Å². The summed E-state index contributed by atoms with van der Waals surface area (Å²) in [6.45, 7) is 8.18. The Morgan fingerprint density at radius 2 is 2.25 bits per heavy atom. The molecular weight excluding hydrogens is 202 g/mol. The van der Waals surface area contributed by atoms with Gasteiger partial charge in [0.2, 0.25) is 5.91 Å². The van der Waals surface area contributed by atoms with E-state index in [-0.39, 0.29) is 6.04 Å². The first kappa shape index (κ1) is 11.9. The summed E-state index contributed by atoms with van der Waals surface area (Å²) in [5, 5.41) is 3.30. The van der Waals surface area contributed by atoms with Crippen molar-refractivity contribution in [3.8, 4) is 0 Å². The van der Waals surface area contributed by atoms with Crippen LogP contribution >= 0.6 is 0 Å². The standard InChI is InChI=1S/C12H23N3O/c1-9(2)11-12(16)15(8-13-11)7-10-4-5-14(3)6-10/h9-11,13H,4-8H2,1-3H3. The van der Waals surface area contributed by atoms with Gasteiger partial charge in [0.25, 0.3) is 0 Å². The number of nitrogens with one attached hydrogen (secondary N) is 1. The van der Waals surface area contributed by atoms with Gasteiger partial charge in [-0.3, -0.25) is 10.1 Å². The maximum absolute atomic E-state index is 12.1. The highest BCUT2D eigenvalue weighted by Crippen LogP contribution is 2.19. The van der Waals surface area contributed by atoms with Crippen LogP contribution in [0.1, 0.15) is 20.3 Å². The Morgan fingerprint density at radius 3 is 2.75 bits per heavy atom. The van der Waals surface area contributed by atoms with Crippen molar-refractivity contribution in [2.45, 2.75) is 26.3 Å². The van der Waals surface area contributed by atoms with Crippen LogP contribution in [-0.4, -0.2) is 55.1 Å². The summed E-state index contributed by atoms with van der Waals surface area (Å²) in [6.07, 6.45) is 1.23. The van der Waals surface area contributed by atoms with Gasteiger partial charge in [-0.15, -0.1) is 0 Å². The summed E-state index contributed by atoms with van der Waals surface area (Å²) in [6, 6.07) is 0.0409. The molecule has 16 heavy (non-hydrogen) atoms. The zero-order valence-electron chi connectivity index (χ0n) is 10.6. The van der Waals surface area contributed by atoms with E-state index in [2.05, 4.69) is 31.1 Å². The van der Waals surface area contributed by atoms with Gasteiger partial charge < -0.3 is 9.80 Å². The van der Waals surface area contributed by atoms with Crippen LogP contribution in [0.3, 0.4) is 0 Å². The molecular formula is C12H23N3O. The lowest BCUT2D eigenvalue weighted by molar-refractivity contribution is -0.130. The van der Waals surface area contributed by atoms with Gasteiger partial charge in [0.1, 0.15) is 0 Å². The van der Waals surface area contributed by atoms with Crippen molar-refractivity contribution >= 4 is 5.91 Å². The normalized spacial score (nSPS) is 32.0. The minimum Gasteiger partial charge on any atom is -0.328 e. The minimum atomic E-state index is 0.0409. The SMILES string of the molecule is CC(C)C1NCN(CC2CCN(C)C2)C1=O. The quantitative estimate of drug-likeness (QED) is 0.753. The van der Waals surface area contributed by atoms with Gasteiger partial charge in [-0.2, -0.15) is 0 Å². The second-order valence-electron chi connectivity index (χ2n) is 5.56. The van der Waals surface area contributed by atoms with E-state index < -0.39 is 0 Å². The fraction of sp³-hybridized carbons (Fsp3) is 0.917. The molecule has 2 atom stereocenters. The number of nitrogens with zero attached hydrogens (tertiary/aromatic N) is 2. The van der Waals surface area contributed by atoms with E-state index in [1.54, 1.807) is 0 Å².